The molecule has 0 N–H and O–H groups in total. The zero-order valence-corrected chi connectivity index (χ0v) is 14.6. The minimum absolute atomic E-state index is 0.722. The molecule has 0 amide bonds. The Labute approximate surface area is 153 Å². The Morgan fingerprint density at radius 2 is 1.62 bits per heavy atom. The van der Waals surface area contributed by atoms with Crippen LogP contribution in [-0.2, 0) is 4.79 Å². The van der Waals surface area contributed by atoms with Gasteiger partial charge in [0.05, 0.1) is 18.5 Å². The van der Waals surface area contributed by atoms with Gasteiger partial charge in [0.15, 0.2) is 0 Å². The number of rotatable bonds is 8. The van der Waals surface area contributed by atoms with Crippen molar-refractivity contribution in [2.75, 3.05) is 7.11 Å². The third-order valence-corrected chi connectivity index (χ3v) is 3.40. The van der Waals surface area contributed by atoms with E-state index < -0.39 is 0 Å². The number of benzene rings is 2. The third kappa shape index (κ3) is 6.17. The molecule has 0 heterocycles. The van der Waals surface area contributed by atoms with E-state index in [9.17, 15) is 4.79 Å². The quantitative estimate of drug-likeness (QED) is 0.292. The number of carbonyl (C=O) groups excluding carboxylic acids is 1. The molecule has 130 valence electrons. The second-order valence-electron chi connectivity index (χ2n) is 5.20. The Bertz CT molecular complexity index is 843. The van der Waals surface area contributed by atoms with Gasteiger partial charge in [0.1, 0.15) is 12.0 Å². The van der Waals surface area contributed by atoms with Gasteiger partial charge in [-0.15, -0.1) is 0 Å². The topological polar surface area (TPSA) is 51.0 Å². The van der Waals surface area contributed by atoms with Gasteiger partial charge in [-0.2, -0.15) is 0 Å². The molecule has 0 saturated carbocycles. The highest BCUT2D eigenvalue weighted by Crippen LogP contribution is 2.19. The highest BCUT2D eigenvalue weighted by molar-refractivity contribution is 5.85. The van der Waals surface area contributed by atoms with E-state index in [0.29, 0.717) is 0 Å². The Balaban J connectivity index is 2.02. The van der Waals surface area contributed by atoms with Crippen LogP contribution >= 0.6 is 0 Å². The predicted molar refractivity (Wildman–Crippen MR) is 108 cm³/mol. The van der Waals surface area contributed by atoms with Crippen molar-refractivity contribution in [3.63, 3.8) is 0 Å². The number of allylic oxidation sites excluding steroid dienone is 5. The summed E-state index contributed by atoms with van der Waals surface area (Å²) < 4.78 is 5.13. The molecule has 0 bridgehead atoms. The maximum Gasteiger partial charge on any atom is 0.142 e. The fourth-order valence-corrected chi connectivity index (χ4v) is 1.99. The molecule has 4 heteroatoms. The van der Waals surface area contributed by atoms with Crippen molar-refractivity contribution in [1.82, 2.24) is 0 Å². The number of hydrogen-bond donors (Lipinski definition) is 0. The van der Waals surface area contributed by atoms with E-state index >= 15 is 0 Å². The van der Waals surface area contributed by atoms with E-state index in [4.69, 9.17) is 4.74 Å². The molecule has 2 aromatic rings. The summed E-state index contributed by atoms with van der Waals surface area (Å²) in [6.07, 6.45) is 10.7. The van der Waals surface area contributed by atoms with Crippen LogP contribution in [-0.4, -0.2) is 25.8 Å². The van der Waals surface area contributed by atoms with Crippen LogP contribution in [0.25, 0.3) is 0 Å². The fourth-order valence-electron chi connectivity index (χ4n) is 1.99. The summed E-state index contributed by atoms with van der Waals surface area (Å²) in [5, 5.41) is 0. The Morgan fingerprint density at radius 1 is 0.962 bits per heavy atom. The third-order valence-electron chi connectivity index (χ3n) is 3.40. The fraction of sp³-hybridized carbons (Fsp3) is 0.0455. The number of hydrogen-bond acceptors (Lipinski definition) is 4. The molecule has 0 saturated heterocycles. The summed E-state index contributed by atoms with van der Waals surface area (Å²) in [5.41, 5.74) is 3.45. The van der Waals surface area contributed by atoms with Crippen LogP contribution in [0.3, 0.4) is 0 Å². The molecule has 0 aliphatic heterocycles. The first-order valence-electron chi connectivity index (χ1n) is 8.02. The van der Waals surface area contributed by atoms with Gasteiger partial charge < -0.3 is 4.74 Å². The molecule has 0 aromatic heterocycles. The summed E-state index contributed by atoms with van der Waals surface area (Å²) in [6.45, 7) is 3.72. The van der Waals surface area contributed by atoms with Gasteiger partial charge in [-0.25, -0.2) is 0 Å². The van der Waals surface area contributed by atoms with E-state index in [1.54, 1.807) is 37.8 Å². The van der Waals surface area contributed by atoms with Gasteiger partial charge in [-0.3, -0.25) is 14.8 Å². The Morgan fingerprint density at radius 3 is 2.19 bits per heavy atom. The first-order chi connectivity index (χ1) is 12.7. The molecule has 0 atom stereocenters. The van der Waals surface area contributed by atoms with Crippen molar-refractivity contribution in [1.29, 1.82) is 0 Å². The minimum Gasteiger partial charge on any atom is -0.497 e. The number of nitrogens with zero attached hydrogens (tertiary/aromatic N) is 2. The van der Waals surface area contributed by atoms with E-state index in [1.165, 1.54) is 6.08 Å². The number of ether oxygens (including phenoxy) is 1. The second kappa shape index (κ2) is 10.4. The molecule has 26 heavy (non-hydrogen) atoms. The molecule has 0 aliphatic rings. The summed E-state index contributed by atoms with van der Waals surface area (Å²) in [4.78, 5) is 19.1. The van der Waals surface area contributed by atoms with Gasteiger partial charge in [0.2, 0.25) is 0 Å². The molecule has 2 rings (SSSR count). The molecule has 0 aliphatic carbocycles. The van der Waals surface area contributed by atoms with Crippen LogP contribution in [0.2, 0.25) is 0 Å². The van der Waals surface area contributed by atoms with Crippen LogP contribution in [0.1, 0.15) is 5.56 Å². The van der Waals surface area contributed by atoms with Crippen LogP contribution in [0.4, 0.5) is 11.4 Å². The van der Waals surface area contributed by atoms with Crippen molar-refractivity contribution in [2.24, 2.45) is 9.98 Å². The van der Waals surface area contributed by atoms with Crippen LogP contribution in [0.5, 0.6) is 5.75 Å². The van der Waals surface area contributed by atoms with E-state index in [1.807, 2.05) is 48.5 Å². The van der Waals surface area contributed by atoms with Gasteiger partial charge in [0, 0.05) is 12.4 Å². The molecule has 4 nitrogen and oxygen atoms in total. The maximum absolute atomic E-state index is 10.3. The van der Waals surface area contributed by atoms with Gasteiger partial charge in [0.25, 0.3) is 0 Å². The second-order valence-corrected chi connectivity index (χ2v) is 5.20. The van der Waals surface area contributed by atoms with Crippen molar-refractivity contribution in [2.45, 2.75) is 0 Å². The standard InChI is InChI=1S/C22H20N2O2/c1-3-18(6-4-5-15-25)16-23-20-9-11-21(12-10-20)24-17-19-7-13-22(26-2)14-8-19/h3-17H,1H2,2H3/b5-4+,18-6+,23-16?,24-17?. The van der Waals surface area contributed by atoms with Gasteiger partial charge in [-0.05, 0) is 65.7 Å². The molecule has 0 unspecified atom stereocenters. The van der Waals surface area contributed by atoms with E-state index in [0.717, 1.165) is 34.5 Å². The smallest absolute Gasteiger partial charge is 0.142 e. The molecular weight excluding hydrogens is 324 g/mol. The highest BCUT2D eigenvalue weighted by atomic mass is 16.5. The average Bonchev–Trinajstić information content (AvgIpc) is 2.70. The van der Waals surface area contributed by atoms with E-state index in [-0.39, 0.29) is 0 Å². The summed E-state index contributed by atoms with van der Waals surface area (Å²) in [6, 6.07) is 15.3. The normalized spacial score (nSPS) is 12.1. The molecular formula is C22H20N2O2. The van der Waals surface area contributed by atoms with Crippen molar-refractivity contribution in [3.05, 3.63) is 90.6 Å². The van der Waals surface area contributed by atoms with Crippen molar-refractivity contribution >= 4 is 30.1 Å². The van der Waals surface area contributed by atoms with Crippen LogP contribution in [0.15, 0.2) is 95.0 Å². The number of aldehydes is 1. The minimum atomic E-state index is 0.722. The zero-order valence-electron chi connectivity index (χ0n) is 14.6. The van der Waals surface area contributed by atoms with Crippen LogP contribution < -0.4 is 4.74 Å². The monoisotopic (exact) mass is 344 g/mol. The highest BCUT2D eigenvalue weighted by Gasteiger charge is 1.93. The lowest BCUT2D eigenvalue weighted by molar-refractivity contribution is -0.104. The first-order valence-corrected chi connectivity index (χ1v) is 8.02. The largest absolute Gasteiger partial charge is 0.497 e. The molecule has 0 spiro atoms. The SMILES string of the molecule is C=C/C(C=Nc1ccc(N=Cc2ccc(OC)cc2)cc1)=C\C=C\C=O. The Kier molecular flexibility index (Phi) is 7.49. The lowest BCUT2D eigenvalue weighted by atomic mass is 10.2. The Hall–Kier alpha value is -3.53. The van der Waals surface area contributed by atoms with E-state index in [2.05, 4.69) is 16.6 Å². The average molecular weight is 344 g/mol. The number of methoxy groups -OCH3 is 1. The summed E-state index contributed by atoms with van der Waals surface area (Å²) in [5.74, 6) is 0.818. The predicted octanol–water partition coefficient (Wildman–Crippen LogP) is 5.02. The lowest BCUT2D eigenvalue weighted by Crippen LogP contribution is -1.84. The molecule has 0 fully saturated rings. The first kappa shape index (κ1) is 18.8. The molecule has 2 aromatic carbocycles. The lowest BCUT2D eigenvalue weighted by Gasteiger charge is -1.99. The van der Waals surface area contributed by atoms with Crippen LogP contribution in [0, 0.1) is 0 Å². The van der Waals surface area contributed by atoms with Crippen molar-refractivity contribution < 1.29 is 9.53 Å². The number of aliphatic imine (C=N–C) groups is 2. The van der Waals surface area contributed by atoms with Gasteiger partial charge in [-0.1, -0.05) is 24.8 Å². The zero-order chi connectivity index (χ0) is 18.6. The summed E-state index contributed by atoms with van der Waals surface area (Å²) in [7, 11) is 1.64. The number of carbonyl (C=O) groups is 1. The molecule has 0 radical (unpaired) electrons. The summed E-state index contributed by atoms with van der Waals surface area (Å²) >= 11 is 0. The van der Waals surface area contributed by atoms with Gasteiger partial charge >= 0.3 is 0 Å². The van der Waals surface area contributed by atoms with Crippen molar-refractivity contribution in [3.8, 4) is 5.75 Å². The maximum atomic E-state index is 10.3.